The molecule has 0 radical (unpaired) electrons. The summed E-state index contributed by atoms with van der Waals surface area (Å²) >= 11 is 8.39. The molecule has 0 saturated carbocycles. The third kappa shape index (κ3) is 2.63. The normalized spacial score (nSPS) is 16.9. The molecule has 1 aliphatic heterocycles. The number of benzene rings is 1. The Hall–Kier alpha value is -0.890. The monoisotopic (exact) mass is 413 g/mol. The van der Waals surface area contributed by atoms with Crippen molar-refractivity contribution in [2.24, 2.45) is 5.73 Å². The summed E-state index contributed by atoms with van der Waals surface area (Å²) in [6.45, 7) is 0. The lowest BCUT2D eigenvalue weighted by molar-refractivity contribution is -0.116. The summed E-state index contributed by atoms with van der Waals surface area (Å²) in [6.07, 6.45) is 1.75. The van der Waals surface area contributed by atoms with Crippen molar-refractivity contribution in [1.29, 1.82) is 0 Å². The largest absolute Gasteiger partial charge is 0.324 e. The van der Waals surface area contributed by atoms with Crippen molar-refractivity contribution in [3.63, 3.8) is 0 Å². The maximum atomic E-state index is 11.6. The minimum absolute atomic E-state index is 0.171. The number of carbonyl (C=O) groups excluding carboxylic acids is 1. The number of halogens is 2. The minimum atomic E-state index is -0.592. The number of amides is 1. The van der Waals surface area contributed by atoms with E-state index in [2.05, 4.69) is 42.2 Å². The van der Waals surface area contributed by atoms with E-state index in [0.717, 1.165) is 30.1 Å². The van der Waals surface area contributed by atoms with Gasteiger partial charge in [-0.05, 0) is 56.1 Å². The molecule has 20 heavy (non-hydrogen) atoms. The molecule has 1 unspecified atom stereocenters. The van der Waals surface area contributed by atoms with Gasteiger partial charge in [-0.25, -0.2) is 4.98 Å². The smallest absolute Gasteiger partial charge is 0.245 e. The van der Waals surface area contributed by atoms with Gasteiger partial charge in [0.2, 0.25) is 5.91 Å². The molecule has 1 aliphatic rings. The molecule has 2 heterocycles. The molecule has 0 aliphatic carbocycles. The number of pyridine rings is 1. The Bertz CT molecular complexity index is 691. The summed E-state index contributed by atoms with van der Waals surface area (Å²) in [5, 5.41) is 3.66. The molecule has 1 atom stereocenters. The summed E-state index contributed by atoms with van der Waals surface area (Å²) in [6, 6.07) is 7.08. The van der Waals surface area contributed by atoms with Crippen LogP contribution in [-0.4, -0.2) is 10.9 Å². The molecule has 102 valence electrons. The number of aromatic nitrogens is 1. The number of hydrogen-bond acceptors (Lipinski definition) is 4. The van der Waals surface area contributed by atoms with E-state index in [9.17, 15) is 4.79 Å². The van der Waals surface area contributed by atoms with Crippen LogP contribution >= 0.6 is 43.6 Å². The number of fused-ring (bicyclic) bond motifs is 1. The Balaban J connectivity index is 1.94. The Morgan fingerprint density at radius 1 is 1.30 bits per heavy atom. The maximum Gasteiger partial charge on any atom is 0.245 e. The Morgan fingerprint density at radius 2 is 2.10 bits per heavy atom. The standard InChI is InChI=1S/C13H9Br2N3OS/c14-6-1-2-11(17-5-6)20-10-4-9-7(3-8(10)15)12(16)13(19)18-9/h1-5,12H,16H2,(H,18,19). The Labute approximate surface area is 136 Å². The van der Waals surface area contributed by atoms with Crippen molar-refractivity contribution in [3.05, 3.63) is 45.0 Å². The third-order valence-corrected chi connectivity index (χ3v) is 5.29. The maximum absolute atomic E-state index is 11.6. The first-order chi connectivity index (χ1) is 9.54. The highest BCUT2D eigenvalue weighted by Gasteiger charge is 2.28. The van der Waals surface area contributed by atoms with Crippen LogP contribution in [-0.2, 0) is 4.79 Å². The van der Waals surface area contributed by atoms with E-state index in [1.54, 1.807) is 6.20 Å². The minimum Gasteiger partial charge on any atom is -0.324 e. The number of hydrogen-bond donors (Lipinski definition) is 2. The van der Waals surface area contributed by atoms with Gasteiger partial charge in [0.1, 0.15) is 11.1 Å². The summed E-state index contributed by atoms with van der Waals surface area (Å²) in [5.74, 6) is -0.171. The van der Waals surface area contributed by atoms with Gasteiger partial charge >= 0.3 is 0 Å². The lowest BCUT2D eigenvalue weighted by atomic mass is 10.1. The fourth-order valence-corrected chi connectivity index (χ4v) is 3.54. The highest BCUT2D eigenvalue weighted by atomic mass is 79.9. The summed E-state index contributed by atoms with van der Waals surface area (Å²) < 4.78 is 1.84. The van der Waals surface area contributed by atoms with Gasteiger partial charge < -0.3 is 11.1 Å². The zero-order valence-corrected chi connectivity index (χ0v) is 14.0. The molecule has 0 fully saturated rings. The number of carbonyl (C=O) groups is 1. The molecular weight excluding hydrogens is 406 g/mol. The topological polar surface area (TPSA) is 68.0 Å². The van der Waals surface area contributed by atoms with Crippen molar-refractivity contribution in [2.75, 3.05) is 5.32 Å². The first-order valence-corrected chi connectivity index (χ1v) is 8.14. The van der Waals surface area contributed by atoms with Crippen LogP contribution in [0.3, 0.4) is 0 Å². The van der Waals surface area contributed by atoms with E-state index in [4.69, 9.17) is 5.73 Å². The van der Waals surface area contributed by atoms with Gasteiger partial charge in [-0.1, -0.05) is 11.8 Å². The Kier molecular flexibility index (Phi) is 3.85. The van der Waals surface area contributed by atoms with Crippen molar-refractivity contribution >= 4 is 55.2 Å². The third-order valence-electron chi connectivity index (χ3n) is 2.89. The van der Waals surface area contributed by atoms with E-state index in [1.807, 2.05) is 24.3 Å². The number of rotatable bonds is 2. The van der Waals surface area contributed by atoms with Crippen LogP contribution in [0, 0.1) is 0 Å². The molecule has 0 bridgehead atoms. The molecule has 7 heteroatoms. The first-order valence-electron chi connectivity index (χ1n) is 5.74. The summed E-state index contributed by atoms with van der Waals surface area (Å²) in [7, 11) is 0. The lowest BCUT2D eigenvalue weighted by Gasteiger charge is -2.08. The molecule has 2 aromatic rings. The van der Waals surface area contributed by atoms with Crippen LogP contribution in [0.2, 0.25) is 0 Å². The number of nitrogens with two attached hydrogens (primary N) is 1. The van der Waals surface area contributed by atoms with Crippen molar-refractivity contribution in [1.82, 2.24) is 4.98 Å². The summed E-state index contributed by atoms with van der Waals surface area (Å²) in [4.78, 5) is 16.9. The van der Waals surface area contributed by atoms with Crippen LogP contribution in [0.1, 0.15) is 11.6 Å². The molecule has 4 nitrogen and oxygen atoms in total. The highest BCUT2D eigenvalue weighted by Crippen LogP contribution is 2.40. The molecule has 1 amide bonds. The van der Waals surface area contributed by atoms with Crippen LogP contribution in [0.4, 0.5) is 5.69 Å². The molecule has 0 spiro atoms. The van der Waals surface area contributed by atoms with E-state index < -0.39 is 6.04 Å². The van der Waals surface area contributed by atoms with Gasteiger partial charge in [-0.3, -0.25) is 4.79 Å². The fraction of sp³-hybridized carbons (Fsp3) is 0.0769. The van der Waals surface area contributed by atoms with Crippen LogP contribution in [0.25, 0.3) is 0 Å². The molecule has 1 aromatic carbocycles. The second kappa shape index (κ2) is 5.48. The average molecular weight is 415 g/mol. The molecule has 3 rings (SSSR count). The van der Waals surface area contributed by atoms with Gasteiger partial charge in [0.25, 0.3) is 0 Å². The van der Waals surface area contributed by atoms with Gasteiger partial charge in [0.15, 0.2) is 0 Å². The second-order valence-corrected chi connectivity index (χ2v) is 7.09. The van der Waals surface area contributed by atoms with E-state index in [0.29, 0.717) is 0 Å². The van der Waals surface area contributed by atoms with Crippen LogP contribution in [0.5, 0.6) is 0 Å². The van der Waals surface area contributed by atoms with Crippen LogP contribution in [0.15, 0.2) is 49.3 Å². The predicted octanol–water partition coefficient (Wildman–Crippen LogP) is 3.71. The molecule has 3 N–H and O–H groups in total. The first kappa shape index (κ1) is 14.1. The van der Waals surface area contributed by atoms with Gasteiger partial charge in [-0.15, -0.1) is 0 Å². The zero-order chi connectivity index (χ0) is 14.3. The second-order valence-electron chi connectivity index (χ2n) is 4.25. The van der Waals surface area contributed by atoms with E-state index >= 15 is 0 Å². The zero-order valence-electron chi connectivity index (χ0n) is 10.1. The fourth-order valence-electron chi connectivity index (χ4n) is 1.90. The molecule has 0 saturated heterocycles. The number of nitrogens with zero attached hydrogens (tertiary/aromatic N) is 1. The van der Waals surface area contributed by atoms with Crippen molar-refractivity contribution in [3.8, 4) is 0 Å². The highest BCUT2D eigenvalue weighted by molar-refractivity contribution is 9.10. The van der Waals surface area contributed by atoms with Gasteiger partial charge in [0, 0.05) is 31.3 Å². The molecular formula is C13H9Br2N3OS. The van der Waals surface area contributed by atoms with Gasteiger partial charge in [-0.2, -0.15) is 0 Å². The number of nitrogens with one attached hydrogen (secondary N) is 1. The predicted molar refractivity (Wildman–Crippen MR) is 85.8 cm³/mol. The average Bonchev–Trinajstić information content (AvgIpc) is 2.69. The van der Waals surface area contributed by atoms with E-state index in [-0.39, 0.29) is 5.91 Å². The van der Waals surface area contributed by atoms with Crippen LogP contribution < -0.4 is 11.1 Å². The van der Waals surface area contributed by atoms with E-state index in [1.165, 1.54) is 11.8 Å². The Morgan fingerprint density at radius 3 is 2.80 bits per heavy atom. The molecule has 1 aromatic heterocycles. The van der Waals surface area contributed by atoms with Crippen molar-refractivity contribution in [2.45, 2.75) is 16.0 Å². The number of anilines is 1. The van der Waals surface area contributed by atoms with Gasteiger partial charge in [0.05, 0.1) is 0 Å². The SMILES string of the molecule is NC1C(=O)Nc2cc(Sc3ccc(Br)cn3)c(Br)cc21. The summed E-state index contributed by atoms with van der Waals surface area (Å²) in [5.41, 5.74) is 7.40. The lowest BCUT2D eigenvalue weighted by Crippen LogP contribution is -2.19. The van der Waals surface area contributed by atoms with Crippen molar-refractivity contribution < 1.29 is 4.79 Å². The quantitative estimate of drug-likeness (QED) is 0.785.